The second-order valence-corrected chi connectivity index (χ2v) is 29.1. The lowest BCUT2D eigenvalue weighted by Crippen LogP contribution is -2.61. The van der Waals surface area contributed by atoms with Crippen LogP contribution in [0.1, 0.15) is 138 Å². The monoisotopic (exact) mass is 1120 g/mol. The van der Waals surface area contributed by atoms with Crippen molar-refractivity contribution in [2.45, 2.75) is 137 Å². The highest BCUT2D eigenvalue weighted by molar-refractivity contribution is 7.00. The van der Waals surface area contributed by atoms with E-state index in [0.717, 1.165) is 73.6 Å². The van der Waals surface area contributed by atoms with Gasteiger partial charge in [-0.3, -0.25) is 0 Å². The van der Waals surface area contributed by atoms with Crippen molar-refractivity contribution in [1.82, 2.24) is 0 Å². The molecule has 0 fully saturated rings. The van der Waals surface area contributed by atoms with Crippen molar-refractivity contribution in [1.29, 1.82) is 0 Å². The van der Waals surface area contributed by atoms with Gasteiger partial charge in [0.1, 0.15) is 11.2 Å². The molecule has 10 aromatic carbocycles. The first-order valence-corrected chi connectivity index (χ1v) is 31.2. The summed E-state index contributed by atoms with van der Waals surface area (Å²) in [5, 5.41) is 2.26. The number of rotatable bonds is 9. The topological polar surface area (TPSA) is 22.9 Å². The zero-order chi connectivity index (χ0) is 60.4. The quantitative estimate of drug-likeness (QED) is 0.134. The molecule has 0 saturated carbocycles. The Morgan fingerprint density at radius 2 is 0.919 bits per heavy atom. The molecular formula is C81H82BN3O. The van der Waals surface area contributed by atoms with Gasteiger partial charge in [-0.25, -0.2) is 0 Å². The lowest BCUT2D eigenvalue weighted by molar-refractivity contribution is 0.506. The van der Waals surface area contributed by atoms with Crippen molar-refractivity contribution in [2.24, 2.45) is 0 Å². The van der Waals surface area contributed by atoms with Gasteiger partial charge in [-0.05, 0) is 174 Å². The molecule has 0 saturated heterocycles. The molecule has 0 spiro atoms. The first-order valence-electron chi connectivity index (χ1n) is 31.2. The first-order chi connectivity index (χ1) is 40.9. The molecule has 2 aliphatic rings. The van der Waals surface area contributed by atoms with Crippen LogP contribution < -0.4 is 31.1 Å². The Kier molecular flexibility index (Phi) is 13.5. The van der Waals surface area contributed by atoms with Crippen molar-refractivity contribution < 1.29 is 4.42 Å². The fraction of sp³-hybridized carbons (Fsp3) is 0.259. The van der Waals surface area contributed by atoms with Gasteiger partial charge in [0.25, 0.3) is 6.71 Å². The number of hydrogen-bond acceptors (Lipinski definition) is 4. The standard InChI is InChI=1S/C81H82BN3O/c1-16-81(14,15)57-36-46-70-68(48-57)82-67-44-43-62(83(59-39-31-54(32-40-59)77(2,3)4)69-45-35-56(79(8,9)10)47-66(69)52-23-18-17-19-24-52)51-71(67)85(60-37-29-53(30-38-60)63-26-22-27-65-64-25-20-21-28-74(64)86-76(63)65)73-50-58(80(11,12)13)49-72(75(73)82)84(70)61-41-33-55(34-42-61)78(5,6)7/h17-51H,16H2,1-15H3. The Labute approximate surface area is 512 Å². The van der Waals surface area contributed by atoms with E-state index in [1.165, 1.54) is 72.4 Å². The molecule has 430 valence electrons. The third-order valence-electron chi connectivity index (χ3n) is 18.9. The van der Waals surface area contributed by atoms with E-state index < -0.39 is 0 Å². The highest BCUT2D eigenvalue weighted by atomic mass is 16.3. The number of furan rings is 1. The van der Waals surface area contributed by atoms with Gasteiger partial charge in [0.2, 0.25) is 0 Å². The number of benzene rings is 10. The largest absolute Gasteiger partial charge is 0.455 e. The van der Waals surface area contributed by atoms with Gasteiger partial charge < -0.3 is 19.1 Å². The predicted octanol–water partition coefficient (Wildman–Crippen LogP) is 21.4. The summed E-state index contributed by atoms with van der Waals surface area (Å²) in [4.78, 5) is 7.70. The second-order valence-electron chi connectivity index (χ2n) is 29.1. The summed E-state index contributed by atoms with van der Waals surface area (Å²) in [5.41, 5.74) is 26.8. The summed E-state index contributed by atoms with van der Waals surface area (Å²) in [6, 6.07) is 80.9. The van der Waals surface area contributed by atoms with E-state index >= 15 is 0 Å². The van der Waals surface area contributed by atoms with Crippen LogP contribution in [0.4, 0.5) is 51.2 Å². The predicted molar refractivity (Wildman–Crippen MR) is 371 cm³/mol. The number of para-hydroxylation sites is 2. The fourth-order valence-corrected chi connectivity index (χ4v) is 13.2. The van der Waals surface area contributed by atoms with Crippen molar-refractivity contribution in [2.75, 3.05) is 14.7 Å². The Bertz CT molecular complexity index is 4390. The first kappa shape index (κ1) is 56.6. The molecule has 0 N–H and O–H groups in total. The van der Waals surface area contributed by atoms with Crippen LogP contribution in [0.15, 0.2) is 217 Å². The molecule has 2 aliphatic heterocycles. The lowest BCUT2D eigenvalue weighted by atomic mass is 9.33. The third-order valence-corrected chi connectivity index (χ3v) is 18.9. The molecule has 13 rings (SSSR count). The van der Waals surface area contributed by atoms with Gasteiger partial charge >= 0.3 is 0 Å². The van der Waals surface area contributed by atoms with E-state index in [2.05, 4.69) is 331 Å². The molecule has 11 aromatic rings. The van der Waals surface area contributed by atoms with Crippen LogP contribution in [0, 0.1) is 0 Å². The van der Waals surface area contributed by atoms with Crippen LogP contribution in [0.3, 0.4) is 0 Å². The zero-order valence-corrected chi connectivity index (χ0v) is 53.2. The summed E-state index contributed by atoms with van der Waals surface area (Å²) in [6.45, 7) is 34.9. The minimum absolute atomic E-state index is 0.0109. The summed E-state index contributed by atoms with van der Waals surface area (Å²) in [6.07, 6.45) is 1.02. The number of hydrogen-bond donors (Lipinski definition) is 0. The molecule has 3 heterocycles. The zero-order valence-electron chi connectivity index (χ0n) is 53.2. The molecule has 0 bridgehead atoms. The Balaban J connectivity index is 1.11. The number of nitrogens with zero attached hydrogens (tertiary/aromatic N) is 3. The molecule has 1 aromatic heterocycles. The molecule has 0 atom stereocenters. The van der Waals surface area contributed by atoms with Gasteiger partial charge in [0.15, 0.2) is 0 Å². The maximum absolute atomic E-state index is 6.67. The Hall–Kier alpha value is -8.54. The molecule has 86 heavy (non-hydrogen) atoms. The van der Waals surface area contributed by atoms with Crippen LogP contribution >= 0.6 is 0 Å². The van der Waals surface area contributed by atoms with Crippen LogP contribution in [-0.2, 0) is 27.1 Å². The van der Waals surface area contributed by atoms with Gasteiger partial charge in [0.05, 0.1) is 5.69 Å². The molecule has 5 heteroatoms. The van der Waals surface area contributed by atoms with Crippen LogP contribution in [0.5, 0.6) is 0 Å². The van der Waals surface area contributed by atoms with Crippen LogP contribution in [-0.4, -0.2) is 6.71 Å². The summed E-state index contributed by atoms with van der Waals surface area (Å²) < 4.78 is 6.67. The van der Waals surface area contributed by atoms with E-state index in [4.69, 9.17) is 4.42 Å². The smallest absolute Gasteiger partial charge is 0.252 e. The van der Waals surface area contributed by atoms with Crippen LogP contribution in [0.2, 0.25) is 0 Å². The minimum atomic E-state index is -0.190. The molecule has 0 amide bonds. The Morgan fingerprint density at radius 3 is 1.55 bits per heavy atom. The van der Waals surface area contributed by atoms with Crippen molar-refractivity contribution in [3.8, 4) is 22.3 Å². The highest BCUT2D eigenvalue weighted by Crippen LogP contribution is 2.50. The molecule has 0 radical (unpaired) electrons. The third kappa shape index (κ3) is 9.82. The number of anilines is 9. The van der Waals surface area contributed by atoms with E-state index in [9.17, 15) is 0 Å². The normalized spacial score (nSPS) is 13.5. The van der Waals surface area contributed by atoms with Gasteiger partial charge in [-0.2, -0.15) is 0 Å². The molecule has 0 aliphatic carbocycles. The van der Waals surface area contributed by atoms with Gasteiger partial charge in [-0.15, -0.1) is 0 Å². The van der Waals surface area contributed by atoms with Crippen LogP contribution in [0.25, 0.3) is 44.2 Å². The molecule has 0 unspecified atom stereocenters. The lowest BCUT2D eigenvalue weighted by Gasteiger charge is -2.46. The average Bonchev–Trinajstić information content (AvgIpc) is 0.885. The van der Waals surface area contributed by atoms with E-state index in [1.807, 2.05) is 0 Å². The Morgan fingerprint density at radius 1 is 0.384 bits per heavy atom. The van der Waals surface area contributed by atoms with E-state index in [1.54, 1.807) is 0 Å². The fourth-order valence-electron chi connectivity index (χ4n) is 13.2. The van der Waals surface area contributed by atoms with E-state index in [0.29, 0.717) is 0 Å². The maximum atomic E-state index is 6.67. The number of fused-ring (bicyclic) bond motifs is 7. The average molecular weight is 1120 g/mol. The SMILES string of the molecule is CCC(C)(C)c1ccc2c(c1)B1c3ccc(N(c4ccc(C(C)(C)C)cc4)c4ccc(C(C)(C)C)cc4-c4ccccc4)cc3N(c3ccc(-c4cccc5c4oc4ccccc45)cc3)c3cc(C(C)(C)C)cc(c31)N2c1ccc(C(C)(C)C)cc1. The van der Waals surface area contributed by atoms with Crippen molar-refractivity contribution >= 4 is 96.2 Å². The summed E-state index contributed by atoms with van der Waals surface area (Å²) in [7, 11) is 0. The van der Waals surface area contributed by atoms with Crippen molar-refractivity contribution in [3.63, 3.8) is 0 Å². The second kappa shape index (κ2) is 20.6. The van der Waals surface area contributed by atoms with Gasteiger partial charge in [0, 0.05) is 67.4 Å². The molecular weight excluding hydrogens is 1040 g/mol. The highest BCUT2D eigenvalue weighted by Gasteiger charge is 2.45. The summed E-state index contributed by atoms with van der Waals surface area (Å²) >= 11 is 0. The molecule has 4 nitrogen and oxygen atoms in total. The minimum Gasteiger partial charge on any atom is -0.455 e. The van der Waals surface area contributed by atoms with Gasteiger partial charge in [-0.1, -0.05) is 231 Å². The maximum Gasteiger partial charge on any atom is 0.252 e. The van der Waals surface area contributed by atoms with E-state index in [-0.39, 0.29) is 33.8 Å². The van der Waals surface area contributed by atoms with Crippen molar-refractivity contribution in [3.05, 3.63) is 240 Å². The summed E-state index contributed by atoms with van der Waals surface area (Å²) in [5.74, 6) is 0.